The Morgan fingerprint density at radius 1 is 1.21 bits per heavy atom. The van der Waals surface area contributed by atoms with Crippen LogP contribution in [0.4, 0.5) is 10.5 Å². The van der Waals surface area contributed by atoms with Crippen LogP contribution in [0.3, 0.4) is 0 Å². The van der Waals surface area contributed by atoms with Gasteiger partial charge >= 0.3 is 12.0 Å². The molecule has 1 fully saturated rings. The summed E-state index contributed by atoms with van der Waals surface area (Å²) in [6.07, 6.45) is 4.56. The molecule has 0 saturated carbocycles. The smallest absolute Gasteiger partial charge is 0.328 e. The largest absolute Gasteiger partial charge is 0.467 e. The van der Waals surface area contributed by atoms with Crippen molar-refractivity contribution in [2.45, 2.75) is 49.7 Å². The summed E-state index contributed by atoms with van der Waals surface area (Å²) in [5.74, 6) is -0.998. The van der Waals surface area contributed by atoms with E-state index in [1.54, 1.807) is 31.7 Å². The number of ether oxygens (including phenoxy) is 1. The van der Waals surface area contributed by atoms with Gasteiger partial charge in [-0.2, -0.15) is 11.8 Å². The van der Waals surface area contributed by atoms with Crippen molar-refractivity contribution in [2.24, 2.45) is 5.92 Å². The number of anilines is 1. The van der Waals surface area contributed by atoms with E-state index < -0.39 is 30.0 Å². The number of esters is 1. The first-order valence-electron chi connectivity index (χ1n) is 11.1. The van der Waals surface area contributed by atoms with Crippen LogP contribution in [0.1, 0.15) is 26.7 Å². The van der Waals surface area contributed by atoms with E-state index in [4.69, 9.17) is 4.74 Å². The fourth-order valence-electron chi connectivity index (χ4n) is 3.76. The number of hydrogen-bond donors (Lipinski definition) is 3. The summed E-state index contributed by atoms with van der Waals surface area (Å²) in [4.78, 5) is 53.2. The van der Waals surface area contributed by atoms with E-state index in [9.17, 15) is 19.2 Å². The van der Waals surface area contributed by atoms with Crippen LogP contribution < -0.4 is 16.0 Å². The third-order valence-corrected chi connectivity index (χ3v) is 6.82. The van der Waals surface area contributed by atoms with E-state index in [1.807, 2.05) is 30.7 Å². The third kappa shape index (κ3) is 7.83. The molecule has 4 amide bonds. The van der Waals surface area contributed by atoms with Gasteiger partial charge in [0.25, 0.3) is 0 Å². The number of hydrogen-bond acceptors (Lipinski definition) is 7. The molecule has 3 N–H and O–H groups in total. The average molecular weight is 511 g/mol. The zero-order valence-electron chi connectivity index (χ0n) is 20.3. The Bertz CT molecular complexity index is 883. The number of carbonyl (C=O) groups is 4. The van der Waals surface area contributed by atoms with Crippen molar-refractivity contribution >= 4 is 53.0 Å². The normalized spacial score (nSPS) is 18.7. The zero-order valence-corrected chi connectivity index (χ0v) is 21.9. The van der Waals surface area contributed by atoms with Crippen LogP contribution >= 0.6 is 23.5 Å². The molecule has 1 aromatic carbocycles. The Morgan fingerprint density at radius 3 is 2.56 bits per heavy atom. The summed E-state index contributed by atoms with van der Waals surface area (Å²) in [5, 5.41) is 8.56. The lowest BCUT2D eigenvalue weighted by atomic mass is 9.95. The van der Waals surface area contributed by atoms with E-state index >= 15 is 0 Å². The van der Waals surface area contributed by atoms with Crippen molar-refractivity contribution in [3.8, 4) is 0 Å². The molecular weight excluding hydrogens is 476 g/mol. The fraction of sp³-hybridized carbons (Fsp3) is 0.565. The van der Waals surface area contributed by atoms with E-state index in [-0.39, 0.29) is 30.8 Å². The van der Waals surface area contributed by atoms with Crippen LogP contribution in [-0.2, 0) is 19.1 Å². The van der Waals surface area contributed by atoms with Gasteiger partial charge in [0.05, 0.1) is 12.9 Å². The molecule has 0 aromatic heterocycles. The predicted octanol–water partition coefficient (Wildman–Crippen LogP) is 2.57. The summed E-state index contributed by atoms with van der Waals surface area (Å²) in [5.41, 5.74) is 0.626. The van der Waals surface area contributed by atoms with Gasteiger partial charge in [-0.1, -0.05) is 19.9 Å². The van der Waals surface area contributed by atoms with Crippen LogP contribution in [0.15, 0.2) is 29.2 Å². The molecule has 188 valence electrons. The number of amides is 4. The van der Waals surface area contributed by atoms with Gasteiger partial charge in [0.1, 0.15) is 12.1 Å². The van der Waals surface area contributed by atoms with Crippen LogP contribution in [-0.4, -0.2) is 78.8 Å². The number of rotatable bonds is 9. The third-order valence-electron chi connectivity index (χ3n) is 5.55. The second kappa shape index (κ2) is 13.5. The lowest BCUT2D eigenvalue weighted by molar-refractivity contribution is -0.147. The topological polar surface area (TPSA) is 117 Å². The summed E-state index contributed by atoms with van der Waals surface area (Å²) in [7, 11) is 1.27. The van der Waals surface area contributed by atoms with Gasteiger partial charge in [0, 0.05) is 23.2 Å². The van der Waals surface area contributed by atoms with Crippen molar-refractivity contribution in [1.82, 2.24) is 15.5 Å². The minimum absolute atomic E-state index is 0.113. The van der Waals surface area contributed by atoms with Gasteiger partial charge in [-0.25, -0.2) is 9.59 Å². The molecule has 1 heterocycles. The first kappa shape index (κ1) is 27.8. The van der Waals surface area contributed by atoms with Crippen molar-refractivity contribution < 1.29 is 23.9 Å². The molecule has 0 aliphatic carbocycles. The molecule has 0 radical (unpaired) electrons. The number of benzene rings is 1. The predicted molar refractivity (Wildman–Crippen MR) is 136 cm³/mol. The van der Waals surface area contributed by atoms with Crippen LogP contribution in [0.5, 0.6) is 0 Å². The number of methoxy groups -OCH3 is 1. The van der Waals surface area contributed by atoms with Crippen LogP contribution in [0.25, 0.3) is 0 Å². The maximum atomic E-state index is 13.3. The highest BCUT2D eigenvalue weighted by molar-refractivity contribution is 7.99. The molecule has 11 heteroatoms. The lowest BCUT2D eigenvalue weighted by Crippen LogP contribution is -2.60. The van der Waals surface area contributed by atoms with Crippen molar-refractivity contribution in [3.05, 3.63) is 24.3 Å². The minimum Gasteiger partial charge on any atom is -0.467 e. The highest BCUT2D eigenvalue weighted by Gasteiger charge is 2.39. The quantitative estimate of drug-likeness (QED) is 0.345. The summed E-state index contributed by atoms with van der Waals surface area (Å²) in [6.45, 7) is 3.88. The second-order valence-corrected chi connectivity index (χ2v) is 10.1. The molecule has 1 saturated heterocycles. The van der Waals surface area contributed by atoms with Crippen molar-refractivity contribution in [1.29, 1.82) is 0 Å². The number of carbonyl (C=O) groups excluding carboxylic acids is 4. The second-order valence-electron chi connectivity index (χ2n) is 8.35. The molecule has 34 heavy (non-hydrogen) atoms. The number of nitrogens with one attached hydrogen (secondary N) is 3. The number of piperidine rings is 1. The maximum Gasteiger partial charge on any atom is 0.328 e. The first-order valence-corrected chi connectivity index (χ1v) is 13.7. The Hall–Kier alpha value is -2.40. The molecule has 0 unspecified atom stereocenters. The molecular formula is C23H34N4O5S2. The highest BCUT2D eigenvalue weighted by atomic mass is 32.2. The van der Waals surface area contributed by atoms with Crippen LogP contribution in [0, 0.1) is 5.92 Å². The molecule has 9 nitrogen and oxygen atoms in total. The van der Waals surface area contributed by atoms with Gasteiger partial charge < -0.3 is 25.6 Å². The summed E-state index contributed by atoms with van der Waals surface area (Å²) < 4.78 is 4.83. The molecule has 1 aliphatic rings. The Labute approximate surface area is 209 Å². The van der Waals surface area contributed by atoms with Gasteiger partial charge in [0.15, 0.2) is 0 Å². The number of urea groups is 1. The molecule has 2 rings (SSSR count). The van der Waals surface area contributed by atoms with Crippen LogP contribution in [0.2, 0.25) is 0 Å². The molecule has 1 aliphatic heterocycles. The van der Waals surface area contributed by atoms with Gasteiger partial charge in [-0.15, -0.1) is 11.8 Å². The summed E-state index contributed by atoms with van der Waals surface area (Å²) >= 11 is 2.97. The maximum absolute atomic E-state index is 13.3. The SMILES string of the molecule is COC(=O)[C@H](NC(=O)[C@@H]1C[C@@H](NC(=O)CSC)CCN1C(=O)Nc1cccc(SC)c1)C(C)C. The average Bonchev–Trinajstić information content (AvgIpc) is 2.81. The van der Waals surface area contributed by atoms with Gasteiger partial charge in [0.2, 0.25) is 11.8 Å². The fourth-order valence-corrected chi connectivity index (χ4v) is 4.56. The van der Waals surface area contributed by atoms with E-state index in [2.05, 4.69) is 16.0 Å². The number of thioether (sulfide) groups is 2. The van der Waals surface area contributed by atoms with Crippen molar-refractivity contribution in [2.75, 3.05) is 37.2 Å². The Balaban J connectivity index is 2.22. The molecule has 0 spiro atoms. The van der Waals surface area contributed by atoms with E-state index in [1.165, 1.54) is 23.8 Å². The van der Waals surface area contributed by atoms with E-state index in [0.717, 1.165) is 4.90 Å². The minimum atomic E-state index is -0.858. The Kier molecular flexibility index (Phi) is 11.0. The zero-order chi connectivity index (χ0) is 25.3. The van der Waals surface area contributed by atoms with Gasteiger partial charge in [-0.05, 0) is 49.5 Å². The monoisotopic (exact) mass is 510 g/mol. The lowest BCUT2D eigenvalue weighted by Gasteiger charge is -2.39. The van der Waals surface area contributed by atoms with Crippen molar-refractivity contribution in [3.63, 3.8) is 0 Å². The number of likely N-dealkylation sites (tertiary alicyclic amines) is 1. The summed E-state index contributed by atoms with van der Waals surface area (Å²) in [6, 6.07) is 5.07. The highest BCUT2D eigenvalue weighted by Crippen LogP contribution is 2.23. The van der Waals surface area contributed by atoms with E-state index in [0.29, 0.717) is 17.9 Å². The Morgan fingerprint density at radius 2 is 1.94 bits per heavy atom. The molecule has 1 aromatic rings. The van der Waals surface area contributed by atoms with Gasteiger partial charge in [-0.3, -0.25) is 9.59 Å². The molecule has 3 atom stereocenters. The first-order chi connectivity index (χ1) is 16.2. The standard InChI is InChI=1S/C23H34N4O5S2/c1-14(2)20(22(30)32-3)26-21(29)18-12-16(24-19(28)13-33-4)9-10-27(18)23(31)25-15-7-6-8-17(11-15)34-5/h6-8,11,14,16,18,20H,9-10,12-13H2,1-5H3,(H,24,28)(H,25,31)(H,26,29)/t16-,18-,20+/m0/s1. The molecule has 0 bridgehead atoms. The number of nitrogens with zero attached hydrogens (tertiary/aromatic N) is 1.